The molecule has 3 aromatic rings. The molecule has 2 heterocycles. The summed E-state index contributed by atoms with van der Waals surface area (Å²) in [6, 6.07) is 19.0. The lowest BCUT2D eigenvalue weighted by Gasteiger charge is -2.37. The van der Waals surface area contributed by atoms with Gasteiger partial charge in [-0.1, -0.05) is 18.2 Å². The molecule has 0 amide bonds. The average molecular weight is 373 g/mol. The average Bonchev–Trinajstić information content (AvgIpc) is 3.01. The van der Waals surface area contributed by atoms with E-state index in [2.05, 4.69) is 0 Å². The molecule has 0 aliphatic carbocycles. The van der Waals surface area contributed by atoms with Crippen LogP contribution in [0.4, 0.5) is 5.69 Å². The maximum absolute atomic E-state index is 12.8. The van der Waals surface area contributed by atoms with Crippen LogP contribution >= 0.6 is 0 Å². The largest absolute Gasteiger partial charge is 0.497 e. The molecule has 1 spiro atoms. The van der Waals surface area contributed by atoms with Crippen LogP contribution in [0, 0.1) is 0 Å². The highest BCUT2D eigenvalue weighted by atomic mass is 16.6. The van der Waals surface area contributed by atoms with Crippen LogP contribution < -0.4 is 14.4 Å². The van der Waals surface area contributed by atoms with Crippen molar-refractivity contribution in [1.29, 1.82) is 0 Å². The van der Waals surface area contributed by atoms with Crippen molar-refractivity contribution in [3.05, 3.63) is 82.9 Å². The van der Waals surface area contributed by atoms with E-state index in [0.29, 0.717) is 22.8 Å². The molecule has 5 nitrogen and oxygen atoms in total. The molecule has 0 fully saturated rings. The Morgan fingerprint density at radius 2 is 1.61 bits per heavy atom. The number of ether oxygens (including phenoxy) is 3. The normalized spacial score (nSPS) is 18.6. The number of hydrogen-bond donors (Lipinski definition) is 0. The fraction of sp³-hybridized carbons (Fsp3) is 0.174. The van der Waals surface area contributed by atoms with Crippen molar-refractivity contribution in [3.8, 4) is 17.2 Å². The zero-order chi connectivity index (χ0) is 19.5. The van der Waals surface area contributed by atoms with Crippen LogP contribution in [-0.4, -0.2) is 27.2 Å². The van der Waals surface area contributed by atoms with E-state index >= 15 is 0 Å². The highest BCUT2D eigenvalue weighted by Crippen LogP contribution is 2.57. The Bertz CT molecular complexity index is 1120. The van der Waals surface area contributed by atoms with Crippen molar-refractivity contribution in [1.82, 2.24) is 0 Å². The molecular weight excluding hydrogens is 354 g/mol. The maximum Gasteiger partial charge on any atom is 0.340 e. The monoisotopic (exact) mass is 373 g/mol. The highest BCUT2D eigenvalue weighted by molar-refractivity contribution is 5.97. The maximum atomic E-state index is 12.8. The Hall–Kier alpha value is -3.47. The summed E-state index contributed by atoms with van der Waals surface area (Å²) in [6.45, 7) is 0. The van der Waals surface area contributed by atoms with Gasteiger partial charge in [-0.3, -0.25) is 0 Å². The van der Waals surface area contributed by atoms with Gasteiger partial charge in [-0.15, -0.1) is 0 Å². The third kappa shape index (κ3) is 2.10. The molecular formula is C23H19NO4. The Labute approximate surface area is 163 Å². The van der Waals surface area contributed by atoms with Crippen molar-refractivity contribution < 1.29 is 19.0 Å². The van der Waals surface area contributed by atoms with Crippen LogP contribution in [0.3, 0.4) is 0 Å². The predicted octanol–water partition coefficient (Wildman–Crippen LogP) is 4.33. The van der Waals surface area contributed by atoms with Crippen molar-refractivity contribution in [2.24, 2.45) is 0 Å². The summed E-state index contributed by atoms with van der Waals surface area (Å²) in [6.07, 6.45) is 0. The molecule has 0 saturated carbocycles. The lowest BCUT2D eigenvalue weighted by Crippen LogP contribution is -2.33. The van der Waals surface area contributed by atoms with E-state index in [1.807, 2.05) is 73.6 Å². The van der Waals surface area contributed by atoms with Gasteiger partial charge in [-0.05, 0) is 42.5 Å². The zero-order valence-corrected chi connectivity index (χ0v) is 15.9. The van der Waals surface area contributed by atoms with Crippen molar-refractivity contribution in [2.45, 2.75) is 5.60 Å². The van der Waals surface area contributed by atoms with Gasteiger partial charge >= 0.3 is 5.97 Å². The molecule has 5 heteroatoms. The first kappa shape index (κ1) is 16.7. The smallest absolute Gasteiger partial charge is 0.340 e. The molecule has 0 N–H and O–H groups in total. The van der Waals surface area contributed by atoms with Gasteiger partial charge < -0.3 is 19.1 Å². The Balaban J connectivity index is 1.88. The Kier molecular flexibility index (Phi) is 3.43. The van der Waals surface area contributed by atoms with Gasteiger partial charge in [0.1, 0.15) is 17.2 Å². The zero-order valence-electron chi connectivity index (χ0n) is 15.9. The van der Waals surface area contributed by atoms with Crippen molar-refractivity contribution >= 4 is 11.7 Å². The van der Waals surface area contributed by atoms with Gasteiger partial charge in [0.2, 0.25) is 0 Å². The van der Waals surface area contributed by atoms with Gasteiger partial charge in [-0.2, -0.15) is 0 Å². The molecule has 5 rings (SSSR count). The molecule has 2 aliphatic rings. The molecule has 1 atom stereocenters. The lowest BCUT2D eigenvalue weighted by atomic mass is 9.77. The fourth-order valence-electron chi connectivity index (χ4n) is 4.04. The Morgan fingerprint density at radius 3 is 2.36 bits per heavy atom. The van der Waals surface area contributed by atoms with Gasteiger partial charge in [0.25, 0.3) is 0 Å². The summed E-state index contributed by atoms with van der Waals surface area (Å²) in [5.74, 6) is 1.66. The van der Waals surface area contributed by atoms with Crippen LogP contribution in [0.15, 0.2) is 60.7 Å². The van der Waals surface area contributed by atoms with Gasteiger partial charge in [0.15, 0.2) is 5.60 Å². The van der Waals surface area contributed by atoms with Crippen molar-refractivity contribution in [3.63, 3.8) is 0 Å². The van der Waals surface area contributed by atoms with Crippen LogP contribution in [0.5, 0.6) is 17.2 Å². The Morgan fingerprint density at radius 1 is 0.893 bits per heavy atom. The lowest BCUT2D eigenvalue weighted by molar-refractivity contribution is 0.0223. The minimum atomic E-state index is -1.07. The van der Waals surface area contributed by atoms with Crippen LogP contribution in [0.2, 0.25) is 0 Å². The van der Waals surface area contributed by atoms with E-state index in [9.17, 15) is 4.79 Å². The number of rotatable bonds is 2. The molecule has 0 radical (unpaired) electrons. The van der Waals surface area contributed by atoms with E-state index < -0.39 is 5.60 Å². The summed E-state index contributed by atoms with van der Waals surface area (Å²) in [5.41, 5.74) is 2.87. The number of fused-ring (bicyclic) bond motifs is 6. The highest BCUT2D eigenvalue weighted by Gasteiger charge is 2.53. The summed E-state index contributed by atoms with van der Waals surface area (Å²) in [7, 11) is 5.57. The van der Waals surface area contributed by atoms with E-state index in [-0.39, 0.29) is 5.97 Å². The number of methoxy groups -OCH3 is 1. The molecule has 0 aromatic heterocycles. The third-order valence-corrected chi connectivity index (χ3v) is 5.42. The SMILES string of the molecule is COc1ccc2c(c1)C1(OC(=O)c3ccccc31)c1cc(N(C)C)ccc1O2. The first-order valence-corrected chi connectivity index (χ1v) is 9.05. The molecule has 0 bridgehead atoms. The number of anilines is 1. The van der Waals surface area contributed by atoms with E-state index in [1.54, 1.807) is 13.2 Å². The molecule has 2 aliphatic heterocycles. The second kappa shape index (κ2) is 5.76. The minimum Gasteiger partial charge on any atom is -0.497 e. The van der Waals surface area contributed by atoms with E-state index in [4.69, 9.17) is 14.2 Å². The molecule has 28 heavy (non-hydrogen) atoms. The van der Waals surface area contributed by atoms with Crippen LogP contribution in [0.1, 0.15) is 27.0 Å². The number of hydrogen-bond acceptors (Lipinski definition) is 5. The topological polar surface area (TPSA) is 48.0 Å². The summed E-state index contributed by atoms with van der Waals surface area (Å²) >= 11 is 0. The number of nitrogens with zero attached hydrogens (tertiary/aromatic N) is 1. The summed E-state index contributed by atoms with van der Waals surface area (Å²) < 4.78 is 17.8. The molecule has 1 unspecified atom stereocenters. The molecule has 140 valence electrons. The third-order valence-electron chi connectivity index (χ3n) is 5.42. The van der Waals surface area contributed by atoms with Crippen LogP contribution in [-0.2, 0) is 10.3 Å². The standard InChI is InChI=1S/C23H19NO4/c1-24(2)14-8-10-20-18(12-14)23(17-7-5-4-6-16(17)22(25)28-23)19-13-15(26-3)9-11-21(19)27-20/h4-13H,1-3H3. The van der Waals surface area contributed by atoms with Gasteiger partial charge in [-0.25, -0.2) is 4.79 Å². The minimum absolute atomic E-state index is 0.340. The number of carbonyl (C=O) groups is 1. The van der Waals surface area contributed by atoms with Gasteiger partial charge in [0, 0.05) is 30.9 Å². The quantitative estimate of drug-likeness (QED) is 0.626. The van der Waals surface area contributed by atoms with E-state index in [1.165, 1.54) is 0 Å². The predicted molar refractivity (Wildman–Crippen MR) is 106 cm³/mol. The van der Waals surface area contributed by atoms with E-state index in [0.717, 1.165) is 22.4 Å². The summed E-state index contributed by atoms with van der Waals surface area (Å²) in [5, 5.41) is 0. The summed E-state index contributed by atoms with van der Waals surface area (Å²) in [4.78, 5) is 14.8. The number of carbonyl (C=O) groups excluding carboxylic acids is 1. The molecule has 3 aromatic carbocycles. The second-order valence-corrected chi connectivity index (χ2v) is 7.16. The first-order chi connectivity index (χ1) is 13.5. The first-order valence-electron chi connectivity index (χ1n) is 9.05. The van der Waals surface area contributed by atoms with Gasteiger partial charge in [0.05, 0.1) is 18.2 Å². The number of benzene rings is 3. The second-order valence-electron chi connectivity index (χ2n) is 7.16. The molecule has 0 saturated heterocycles. The fourth-order valence-corrected chi connectivity index (χ4v) is 4.04. The van der Waals surface area contributed by atoms with Crippen LogP contribution in [0.25, 0.3) is 0 Å². The van der Waals surface area contributed by atoms with Crippen molar-refractivity contribution in [2.75, 3.05) is 26.1 Å². The number of esters is 1.